The van der Waals surface area contributed by atoms with Crippen molar-refractivity contribution in [3.05, 3.63) is 0 Å². The Morgan fingerprint density at radius 3 is 1.68 bits per heavy atom. The van der Waals surface area contributed by atoms with E-state index in [9.17, 15) is 13.2 Å². The van der Waals surface area contributed by atoms with Crippen molar-refractivity contribution in [1.29, 1.82) is 0 Å². The van der Waals surface area contributed by atoms with Gasteiger partial charge in [0.25, 0.3) is 0 Å². The van der Waals surface area contributed by atoms with Crippen molar-refractivity contribution in [1.82, 2.24) is 10.2 Å². The van der Waals surface area contributed by atoms with Crippen LogP contribution >= 0.6 is 0 Å². The number of hydrogen-bond acceptors (Lipinski definition) is 3. The molecule has 0 aromatic heterocycles. The van der Waals surface area contributed by atoms with Crippen molar-refractivity contribution in [3.8, 4) is 0 Å². The number of amides is 2. The molecule has 184 valence electrons. The lowest BCUT2D eigenvalue weighted by Crippen LogP contribution is -2.40. The summed E-state index contributed by atoms with van der Waals surface area (Å²) in [5.74, 6) is 0.566. The SMILES string of the molecule is CCCCCCCCCCCCCCCCCCN(C)C(=O)NCC1CCS(=O)(=O)C1. The number of nitrogens with one attached hydrogen (secondary N) is 1. The molecule has 1 unspecified atom stereocenters. The topological polar surface area (TPSA) is 66.5 Å². The fourth-order valence-corrected chi connectivity index (χ4v) is 6.26. The van der Waals surface area contributed by atoms with Crippen LogP contribution in [0.1, 0.15) is 116 Å². The zero-order valence-electron chi connectivity index (χ0n) is 20.5. The zero-order valence-corrected chi connectivity index (χ0v) is 21.3. The molecule has 1 N–H and O–H groups in total. The summed E-state index contributed by atoms with van der Waals surface area (Å²) in [6.45, 7) is 3.52. The third-order valence-electron chi connectivity index (χ3n) is 6.56. The number of hydrogen-bond donors (Lipinski definition) is 1. The molecule has 2 amide bonds. The molecule has 1 saturated heterocycles. The average Bonchev–Trinajstić information content (AvgIpc) is 3.10. The second-order valence-electron chi connectivity index (χ2n) is 9.68. The number of unbranched alkanes of at least 4 members (excludes halogenated alkanes) is 15. The van der Waals surface area contributed by atoms with Gasteiger partial charge in [0.15, 0.2) is 9.84 Å². The molecular formula is C25H50N2O3S. The molecule has 5 nitrogen and oxygen atoms in total. The molecule has 0 radical (unpaired) electrons. The summed E-state index contributed by atoms with van der Waals surface area (Å²) >= 11 is 0. The van der Waals surface area contributed by atoms with Crippen molar-refractivity contribution in [3.63, 3.8) is 0 Å². The zero-order chi connectivity index (χ0) is 22.8. The number of nitrogens with zero attached hydrogens (tertiary/aromatic N) is 1. The maximum Gasteiger partial charge on any atom is 0.317 e. The number of urea groups is 1. The molecule has 1 fully saturated rings. The maximum atomic E-state index is 12.1. The molecular weight excluding hydrogens is 408 g/mol. The first kappa shape index (κ1) is 28.3. The van der Waals surface area contributed by atoms with Crippen LogP contribution in [0.25, 0.3) is 0 Å². The maximum absolute atomic E-state index is 12.1. The van der Waals surface area contributed by atoms with E-state index in [1.807, 2.05) is 7.05 Å². The van der Waals surface area contributed by atoms with Crippen molar-refractivity contribution < 1.29 is 13.2 Å². The Morgan fingerprint density at radius 2 is 1.26 bits per heavy atom. The van der Waals surface area contributed by atoms with Gasteiger partial charge in [0, 0.05) is 20.1 Å². The van der Waals surface area contributed by atoms with E-state index in [0.29, 0.717) is 13.0 Å². The summed E-state index contributed by atoms with van der Waals surface area (Å²) < 4.78 is 22.9. The van der Waals surface area contributed by atoms with E-state index in [1.165, 1.54) is 96.3 Å². The van der Waals surface area contributed by atoms with Crippen LogP contribution in [0.15, 0.2) is 0 Å². The number of sulfone groups is 1. The highest BCUT2D eigenvalue weighted by atomic mass is 32.2. The highest BCUT2D eigenvalue weighted by Gasteiger charge is 2.28. The van der Waals surface area contributed by atoms with Crippen molar-refractivity contribution in [2.75, 3.05) is 31.6 Å². The Labute approximate surface area is 193 Å². The van der Waals surface area contributed by atoms with Gasteiger partial charge in [-0.25, -0.2) is 13.2 Å². The van der Waals surface area contributed by atoms with Gasteiger partial charge in [-0.15, -0.1) is 0 Å². The Bertz CT molecular complexity index is 551. The summed E-state index contributed by atoms with van der Waals surface area (Å²) in [6, 6.07) is -0.0785. The first-order valence-corrected chi connectivity index (χ1v) is 15.0. The van der Waals surface area contributed by atoms with Crippen LogP contribution in [0, 0.1) is 5.92 Å². The second kappa shape index (κ2) is 17.7. The largest absolute Gasteiger partial charge is 0.338 e. The van der Waals surface area contributed by atoms with Gasteiger partial charge in [0.2, 0.25) is 0 Å². The molecule has 6 heteroatoms. The lowest BCUT2D eigenvalue weighted by atomic mass is 10.0. The van der Waals surface area contributed by atoms with Crippen molar-refractivity contribution in [2.24, 2.45) is 5.92 Å². The predicted octanol–water partition coefficient (Wildman–Crippen LogP) is 6.32. The van der Waals surface area contributed by atoms with Crippen LogP contribution in [-0.4, -0.2) is 51.0 Å². The van der Waals surface area contributed by atoms with Gasteiger partial charge < -0.3 is 10.2 Å². The predicted molar refractivity (Wildman–Crippen MR) is 132 cm³/mol. The first-order valence-electron chi connectivity index (χ1n) is 13.1. The third kappa shape index (κ3) is 15.6. The normalized spacial score (nSPS) is 17.7. The molecule has 1 aliphatic rings. The summed E-state index contributed by atoms with van der Waals surface area (Å²) in [4.78, 5) is 13.8. The lowest BCUT2D eigenvalue weighted by Gasteiger charge is -2.19. The molecule has 0 bridgehead atoms. The summed E-state index contributed by atoms with van der Waals surface area (Å²) in [7, 11) is -1.04. The van der Waals surface area contributed by atoms with Gasteiger partial charge in [-0.05, 0) is 18.8 Å². The Morgan fingerprint density at radius 1 is 0.806 bits per heavy atom. The van der Waals surface area contributed by atoms with E-state index < -0.39 is 9.84 Å². The van der Waals surface area contributed by atoms with Gasteiger partial charge in [-0.2, -0.15) is 0 Å². The molecule has 0 spiro atoms. The first-order chi connectivity index (χ1) is 14.9. The van der Waals surface area contributed by atoms with Crippen LogP contribution in [0.5, 0.6) is 0 Å². The number of carbonyl (C=O) groups excluding carboxylic acids is 1. The molecule has 0 aliphatic carbocycles. The summed E-state index contributed by atoms with van der Waals surface area (Å²) in [5, 5.41) is 2.89. The average molecular weight is 459 g/mol. The van der Waals surface area contributed by atoms with Crippen LogP contribution in [0.2, 0.25) is 0 Å². The Balaban J connectivity index is 1.82. The Kier molecular flexibility index (Phi) is 16.2. The van der Waals surface area contributed by atoms with E-state index >= 15 is 0 Å². The highest BCUT2D eigenvalue weighted by molar-refractivity contribution is 7.91. The van der Waals surface area contributed by atoms with E-state index in [0.717, 1.165) is 13.0 Å². The van der Waals surface area contributed by atoms with Gasteiger partial charge >= 0.3 is 6.03 Å². The summed E-state index contributed by atoms with van der Waals surface area (Å²) in [5.41, 5.74) is 0. The fraction of sp³-hybridized carbons (Fsp3) is 0.960. The Hall–Kier alpha value is -0.780. The highest BCUT2D eigenvalue weighted by Crippen LogP contribution is 2.17. The minimum Gasteiger partial charge on any atom is -0.338 e. The minimum atomic E-state index is -2.87. The smallest absolute Gasteiger partial charge is 0.317 e. The molecule has 1 aliphatic heterocycles. The van der Waals surface area contributed by atoms with Crippen LogP contribution in [-0.2, 0) is 9.84 Å². The molecule has 0 saturated carbocycles. The van der Waals surface area contributed by atoms with Gasteiger partial charge in [-0.3, -0.25) is 0 Å². The van der Waals surface area contributed by atoms with E-state index in [2.05, 4.69) is 12.2 Å². The molecule has 0 aromatic rings. The van der Waals surface area contributed by atoms with Gasteiger partial charge in [0.1, 0.15) is 0 Å². The van der Waals surface area contributed by atoms with Gasteiger partial charge in [-0.1, -0.05) is 103 Å². The third-order valence-corrected chi connectivity index (χ3v) is 8.40. The lowest BCUT2D eigenvalue weighted by molar-refractivity contribution is 0.206. The molecule has 31 heavy (non-hydrogen) atoms. The second-order valence-corrected chi connectivity index (χ2v) is 11.9. The molecule has 0 aromatic carbocycles. The fourth-order valence-electron chi connectivity index (χ4n) is 4.40. The van der Waals surface area contributed by atoms with Crippen LogP contribution in [0.3, 0.4) is 0 Å². The van der Waals surface area contributed by atoms with Crippen LogP contribution < -0.4 is 5.32 Å². The molecule has 1 rings (SSSR count). The van der Waals surface area contributed by atoms with E-state index in [4.69, 9.17) is 0 Å². The van der Waals surface area contributed by atoms with E-state index in [-0.39, 0.29) is 23.5 Å². The van der Waals surface area contributed by atoms with Crippen LogP contribution in [0.4, 0.5) is 4.79 Å². The number of rotatable bonds is 19. The van der Waals surface area contributed by atoms with E-state index in [1.54, 1.807) is 4.90 Å². The number of carbonyl (C=O) groups is 1. The monoisotopic (exact) mass is 458 g/mol. The minimum absolute atomic E-state index is 0.0785. The molecule has 1 atom stereocenters. The summed E-state index contributed by atoms with van der Waals surface area (Å²) in [6.07, 6.45) is 22.3. The van der Waals surface area contributed by atoms with Gasteiger partial charge in [0.05, 0.1) is 11.5 Å². The quantitative estimate of drug-likeness (QED) is 0.230. The standard InChI is InChI=1S/C25H50N2O3S/c1-3-4-5-6-7-8-9-10-11-12-13-14-15-16-17-18-20-27(2)25(28)26-22-24-19-21-31(29,30)23-24/h24H,3-23H2,1-2H3,(H,26,28). The van der Waals surface area contributed by atoms with Crippen molar-refractivity contribution in [2.45, 2.75) is 116 Å². The van der Waals surface area contributed by atoms with Crippen molar-refractivity contribution >= 4 is 15.9 Å². The molecule has 1 heterocycles.